The van der Waals surface area contributed by atoms with E-state index in [1.807, 2.05) is 31.2 Å². The van der Waals surface area contributed by atoms with Crippen LogP contribution in [-0.4, -0.2) is 47.9 Å². The molecule has 3 heterocycles. The number of methoxy groups -OCH3 is 2. The molecule has 1 aromatic carbocycles. The topological polar surface area (TPSA) is 99.9 Å². The van der Waals surface area contributed by atoms with Crippen LogP contribution in [0.3, 0.4) is 0 Å². The number of fused-ring (bicyclic) bond motifs is 1. The van der Waals surface area contributed by atoms with Gasteiger partial charge in [-0.1, -0.05) is 0 Å². The van der Waals surface area contributed by atoms with Crippen LogP contribution in [0.5, 0.6) is 11.5 Å². The van der Waals surface area contributed by atoms with Crippen molar-refractivity contribution >= 4 is 22.4 Å². The fraction of sp³-hybridized carbons (Fsp3) is 0.391. The summed E-state index contributed by atoms with van der Waals surface area (Å²) >= 11 is 0. The van der Waals surface area contributed by atoms with E-state index in [0.717, 1.165) is 18.4 Å². The molecule has 9 nitrogen and oxygen atoms in total. The Morgan fingerprint density at radius 1 is 1.25 bits per heavy atom. The molecule has 0 radical (unpaired) electrons. The Labute approximate surface area is 186 Å². The average molecular weight is 438 g/mol. The first-order chi connectivity index (χ1) is 15.5. The minimum absolute atomic E-state index is 0.0249. The van der Waals surface area contributed by atoms with Gasteiger partial charge in [0.1, 0.15) is 28.9 Å². The molecule has 1 fully saturated rings. The molecule has 32 heavy (non-hydrogen) atoms. The lowest BCUT2D eigenvalue weighted by molar-refractivity contribution is -0.384. The summed E-state index contributed by atoms with van der Waals surface area (Å²) in [5, 5.41) is 12.0. The molecule has 1 aliphatic heterocycles. The largest absolute Gasteiger partial charge is 0.497 e. The van der Waals surface area contributed by atoms with Crippen molar-refractivity contribution in [3.8, 4) is 11.5 Å². The summed E-state index contributed by atoms with van der Waals surface area (Å²) in [5.74, 6) is 1.34. The Hall–Kier alpha value is -3.46. The Balaban J connectivity index is 1.88. The molecule has 168 valence electrons. The fourth-order valence-corrected chi connectivity index (χ4v) is 4.23. The van der Waals surface area contributed by atoms with Crippen LogP contribution in [0.1, 0.15) is 25.3 Å². The van der Waals surface area contributed by atoms with Crippen molar-refractivity contribution in [2.45, 2.75) is 38.5 Å². The highest BCUT2D eigenvalue weighted by atomic mass is 16.6. The van der Waals surface area contributed by atoms with E-state index in [1.54, 1.807) is 26.5 Å². The zero-order valence-corrected chi connectivity index (χ0v) is 18.4. The van der Waals surface area contributed by atoms with Gasteiger partial charge in [0.2, 0.25) is 0 Å². The van der Waals surface area contributed by atoms with Gasteiger partial charge < -0.3 is 19.1 Å². The molecule has 3 aromatic rings. The van der Waals surface area contributed by atoms with Crippen LogP contribution in [0.15, 0.2) is 42.7 Å². The molecule has 0 bridgehead atoms. The predicted molar refractivity (Wildman–Crippen MR) is 120 cm³/mol. The number of hydrogen-bond donors (Lipinski definition) is 0. The second-order valence-electron chi connectivity index (χ2n) is 7.79. The zero-order chi connectivity index (χ0) is 22.7. The number of rotatable bonds is 7. The summed E-state index contributed by atoms with van der Waals surface area (Å²) in [6, 6.07) is 9.22. The summed E-state index contributed by atoms with van der Waals surface area (Å²) in [6.07, 6.45) is 4.49. The van der Waals surface area contributed by atoms with Gasteiger partial charge in [0.15, 0.2) is 0 Å². The molecule has 4 rings (SSSR count). The van der Waals surface area contributed by atoms with Crippen molar-refractivity contribution in [1.82, 2.24) is 9.97 Å². The molecule has 0 unspecified atom stereocenters. The maximum absolute atomic E-state index is 12.0. The molecule has 1 saturated heterocycles. The highest BCUT2D eigenvalue weighted by molar-refractivity contribution is 5.93. The van der Waals surface area contributed by atoms with Crippen molar-refractivity contribution in [3.05, 3.63) is 58.4 Å². The van der Waals surface area contributed by atoms with E-state index in [1.165, 1.54) is 6.20 Å². The second kappa shape index (κ2) is 9.35. The van der Waals surface area contributed by atoms with Crippen LogP contribution < -0.4 is 14.4 Å². The van der Waals surface area contributed by atoms with Crippen molar-refractivity contribution in [2.24, 2.45) is 0 Å². The van der Waals surface area contributed by atoms with E-state index >= 15 is 0 Å². The molecular formula is C23H26N4O5. The maximum Gasteiger partial charge on any atom is 0.312 e. The van der Waals surface area contributed by atoms with Crippen molar-refractivity contribution in [3.63, 3.8) is 0 Å². The van der Waals surface area contributed by atoms with Crippen molar-refractivity contribution in [1.29, 1.82) is 0 Å². The van der Waals surface area contributed by atoms with E-state index in [0.29, 0.717) is 41.4 Å². The van der Waals surface area contributed by atoms with E-state index in [-0.39, 0.29) is 17.8 Å². The van der Waals surface area contributed by atoms with Gasteiger partial charge in [-0.3, -0.25) is 15.1 Å². The van der Waals surface area contributed by atoms with Gasteiger partial charge >= 0.3 is 5.69 Å². The Morgan fingerprint density at radius 3 is 2.81 bits per heavy atom. The van der Waals surface area contributed by atoms with Gasteiger partial charge in [0, 0.05) is 37.0 Å². The fourth-order valence-electron chi connectivity index (χ4n) is 4.23. The number of ether oxygens (including phenoxy) is 3. The summed E-state index contributed by atoms with van der Waals surface area (Å²) < 4.78 is 16.7. The molecule has 1 aliphatic rings. The molecule has 2 aromatic heterocycles. The van der Waals surface area contributed by atoms with E-state index < -0.39 is 4.92 Å². The standard InChI is InChI=1S/C23H26N4O5/c1-15-11-17(8-10-32-15)26(14-16-6-7-18(30-2)12-21(16)31-3)23-20(27(28)29)13-25-19-5-4-9-24-22(19)23/h4-7,9,12-13,15,17H,8,10-11,14H2,1-3H3/t15-,17-/m0/s1. The highest BCUT2D eigenvalue weighted by Crippen LogP contribution is 2.39. The monoisotopic (exact) mass is 438 g/mol. The SMILES string of the molecule is COc1ccc(CN(c2c([N+](=O)[O-])cnc3cccnc23)[C@H]2CCO[C@@H](C)C2)c(OC)c1. The van der Waals surface area contributed by atoms with Crippen LogP contribution in [0.25, 0.3) is 11.0 Å². The third-order valence-electron chi connectivity index (χ3n) is 5.80. The Morgan fingerprint density at radius 2 is 2.09 bits per heavy atom. The molecule has 9 heteroatoms. The highest BCUT2D eigenvalue weighted by Gasteiger charge is 2.32. The number of anilines is 1. The quantitative estimate of drug-likeness (QED) is 0.401. The van der Waals surface area contributed by atoms with Crippen LogP contribution in [0, 0.1) is 10.1 Å². The number of nitrogens with zero attached hydrogens (tertiary/aromatic N) is 4. The van der Waals surface area contributed by atoms with Gasteiger partial charge in [-0.05, 0) is 44.0 Å². The number of benzene rings is 1. The van der Waals surface area contributed by atoms with E-state index in [2.05, 4.69) is 14.9 Å². The summed E-state index contributed by atoms with van der Waals surface area (Å²) in [4.78, 5) is 22.4. The van der Waals surface area contributed by atoms with Crippen molar-refractivity contribution in [2.75, 3.05) is 25.7 Å². The Bertz CT molecular complexity index is 1120. The van der Waals surface area contributed by atoms with Crippen molar-refractivity contribution < 1.29 is 19.1 Å². The van der Waals surface area contributed by atoms with Gasteiger partial charge in [0.25, 0.3) is 0 Å². The molecular weight excluding hydrogens is 412 g/mol. The summed E-state index contributed by atoms with van der Waals surface area (Å²) in [5.41, 5.74) is 2.41. The average Bonchev–Trinajstić information content (AvgIpc) is 2.81. The summed E-state index contributed by atoms with van der Waals surface area (Å²) in [6.45, 7) is 3.02. The molecule has 0 spiro atoms. The smallest absolute Gasteiger partial charge is 0.312 e. The lowest BCUT2D eigenvalue weighted by Gasteiger charge is -2.38. The molecule has 0 N–H and O–H groups in total. The first-order valence-corrected chi connectivity index (χ1v) is 10.5. The van der Waals surface area contributed by atoms with Gasteiger partial charge in [-0.2, -0.15) is 0 Å². The lowest BCUT2D eigenvalue weighted by atomic mass is 9.99. The number of hydrogen-bond acceptors (Lipinski definition) is 8. The molecule has 0 amide bonds. The van der Waals surface area contributed by atoms with Crippen LogP contribution in [0.2, 0.25) is 0 Å². The van der Waals surface area contributed by atoms with Gasteiger partial charge in [-0.25, -0.2) is 4.98 Å². The third kappa shape index (κ3) is 4.29. The van der Waals surface area contributed by atoms with Gasteiger partial charge in [0.05, 0.1) is 30.8 Å². The van der Waals surface area contributed by atoms with E-state index in [4.69, 9.17) is 14.2 Å². The zero-order valence-electron chi connectivity index (χ0n) is 18.4. The Kier molecular flexibility index (Phi) is 6.36. The first-order valence-electron chi connectivity index (χ1n) is 10.5. The normalized spacial score (nSPS) is 18.3. The number of pyridine rings is 2. The third-order valence-corrected chi connectivity index (χ3v) is 5.80. The molecule has 0 aliphatic carbocycles. The van der Waals surface area contributed by atoms with Crippen LogP contribution in [-0.2, 0) is 11.3 Å². The number of nitro groups is 1. The second-order valence-corrected chi connectivity index (χ2v) is 7.79. The number of aromatic nitrogens is 2. The van der Waals surface area contributed by atoms with Gasteiger partial charge in [-0.15, -0.1) is 0 Å². The minimum atomic E-state index is -0.391. The predicted octanol–water partition coefficient (Wildman–Crippen LogP) is 4.13. The first kappa shape index (κ1) is 21.8. The lowest BCUT2D eigenvalue weighted by Crippen LogP contribution is -2.42. The minimum Gasteiger partial charge on any atom is -0.497 e. The van der Waals surface area contributed by atoms with E-state index in [9.17, 15) is 10.1 Å². The van der Waals surface area contributed by atoms with Crippen LogP contribution in [0.4, 0.5) is 11.4 Å². The summed E-state index contributed by atoms with van der Waals surface area (Å²) in [7, 11) is 3.20. The maximum atomic E-state index is 12.0. The van der Waals surface area contributed by atoms with Crippen LogP contribution >= 0.6 is 0 Å². The molecule has 0 saturated carbocycles. The molecule has 2 atom stereocenters.